The van der Waals surface area contributed by atoms with E-state index < -0.39 is 11.9 Å². The number of carbonyl (C=O) groups is 1. The Kier molecular flexibility index (Phi) is 12.8. The first-order valence-corrected chi connectivity index (χ1v) is 12.3. The Morgan fingerprint density at radius 3 is 2.31 bits per heavy atom. The van der Waals surface area contributed by atoms with Crippen molar-refractivity contribution < 1.29 is 33.2 Å². The van der Waals surface area contributed by atoms with E-state index in [1.54, 1.807) is 13.2 Å². The Hall–Kier alpha value is -0.990. The molecule has 0 unspecified atom stereocenters. The molecule has 0 aromatic carbocycles. The lowest BCUT2D eigenvalue weighted by Crippen LogP contribution is -2.54. The normalized spacial score (nSPS) is 31.8. The zero-order chi connectivity index (χ0) is 23.2. The van der Waals surface area contributed by atoms with E-state index in [1.165, 1.54) is 44.6 Å². The van der Waals surface area contributed by atoms with Crippen molar-refractivity contribution in [3.8, 4) is 0 Å². The third-order valence-electron chi connectivity index (χ3n) is 5.91. The van der Waals surface area contributed by atoms with Crippen molar-refractivity contribution in [1.29, 1.82) is 0 Å². The molecular weight excluding hydrogens is 412 g/mol. The van der Waals surface area contributed by atoms with Crippen LogP contribution in [0.2, 0.25) is 0 Å². The largest absolute Gasteiger partial charge is 0.460 e. The van der Waals surface area contributed by atoms with E-state index in [9.17, 15) is 4.79 Å². The van der Waals surface area contributed by atoms with Gasteiger partial charge in [-0.3, -0.25) is 0 Å². The highest BCUT2D eigenvalue weighted by Crippen LogP contribution is 2.32. The van der Waals surface area contributed by atoms with E-state index >= 15 is 0 Å². The number of methoxy groups -OCH3 is 1. The van der Waals surface area contributed by atoms with Gasteiger partial charge >= 0.3 is 5.97 Å². The number of esters is 1. The summed E-state index contributed by atoms with van der Waals surface area (Å²) in [4.78, 5) is 12.4. The molecule has 2 aliphatic heterocycles. The topological polar surface area (TPSA) is 72.5 Å². The van der Waals surface area contributed by atoms with Gasteiger partial charge in [0.25, 0.3) is 0 Å². The van der Waals surface area contributed by atoms with Gasteiger partial charge in [0.1, 0.15) is 19.0 Å². The van der Waals surface area contributed by atoms with Crippen LogP contribution in [0.5, 0.6) is 0 Å². The number of hydrogen-bond donors (Lipinski definition) is 0. The van der Waals surface area contributed by atoms with Gasteiger partial charge in [0.15, 0.2) is 5.79 Å². The Labute approximate surface area is 194 Å². The third kappa shape index (κ3) is 10.8. The number of ether oxygens (including phenoxy) is 6. The second-order valence-corrected chi connectivity index (χ2v) is 9.30. The van der Waals surface area contributed by atoms with Crippen molar-refractivity contribution in [2.75, 3.05) is 27.1 Å². The van der Waals surface area contributed by atoms with Crippen LogP contribution >= 0.6 is 0 Å². The van der Waals surface area contributed by atoms with Crippen molar-refractivity contribution in [2.24, 2.45) is 0 Å². The van der Waals surface area contributed by atoms with E-state index in [2.05, 4.69) is 0 Å². The summed E-state index contributed by atoms with van der Waals surface area (Å²) in [7, 11) is 1.63. The highest BCUT2D eigenvalue weighted by atomic mass is 16.7. The Bertz CT molecular complexity index is 548. The predicted octanol–water partition coefficient (Wildman–Crippen LogP) is 4.91. The average Bonchev–Trinajstić information content (AvgIpc) is 2.73. The summed E-state index contributed by atoms with van der Waals surface area (Å²) in [6.07, 6.45) is 13.5. The fraction of sp³-hybridized carbons (Fsp3) is 0.880. The molecule has 4 atom stereocenters. The van der Waals surface area contributed by atoms with Crippen LogP contribution in [0.25, 0.3) is 0 Å². The summed E-state index contributed by atoms with van der Waals surface area (Å²) in [6.45, 7) is 6.83. The molecule has 2 rings (SSSR count). The minimum absolute atomic E-state index is 0.0907. The van der Waals surface area contributed by atoms with Crippen LogP contribution in [0.15, 0.2) is 12.2 Å². The molecule has 7 heteroatoms. The summed E-state index contributed by atoms with van der Waals surface area (Å²) in [5.74, 6) is -1.12. The van der Waals surface area contributed by atoms with Crippen molar-refractivity contribution in [1.82, 2.24) is 0 Å². The van der Waals surface area contributed by atoms with E-state index in [4.69, 9.17) is 28.4 Å². The lowest BCUT2D eigenvalue weighted by Gasteiger charge is -2.45. The molecule has 0 N–H and O–H groups in total. The van der Waals surface area contributed by atoms with Crippen molar-refractivity contribution in [2.45, 2.75) is 115 Å². The number of cyclic esters (lactones) is 1. The molecule has 32 heavy (non-hydrogen) atoms. The van der Waals surface area contributed by atoms with Crippen molar-refractivity contribution >= 4 is 5.97 Å². The van der Waals surface area contributed by atoms with Gasteiger partial charge in [-0.05, 0) is 46.1 Å². The molecule has 1 saturated heterocycles. The molecular formula is C25H44O7. The molecule has 2 bridgehead atoms. The molecule has 0 aromatic rings. The average molecular weight is 457 g/mol. The Morgan fingerprint density at radius 2 is 1.62 bits per heavy atom. The van der Waals surface area contributed by atoms with Crippen LogP contribution in [0.4, 0.5) is 0 Å². The SMILES string of the molecule is COCCOCO[C@@H]1[C@H]2/C=C/C(=O)O[C@@H](C)CCCCCCCCCC[C@H]1OC(C)(C)O2. The zero-order valence-corrected chi connectivity index (χ0v) is 20.5. The van der Waals surface area contributed by atoms with E-state index in [0.29, 0.717) is 13.2 Å². The van der Waals surface area contributed by atoms with E-state index in [-0.39, 0.29) is 31.1 Å². The number of hydrogen-bond acceptors (Lipinski definition) is 7. The molecule has 2 aliphatic rings. The monoisotopic (exact) mass is 456 g/mol. The van der Waals surface area contributed by atoms with Crippen LogP contribution in [0.3, 0.4) is 0 Å². The van der Waals surface area contributed by atoms with Crippen LogP contribution in [-0.4, -0.2) is 63.3 Å². The van der Waals surface area contributed by atoms with Gasteiger partial charge in [-0.1, -0.05) is 44.9 Å². The highest BCUT2D eigenvalue weighted by molar-refractivity contribution is 5.82. The van der Waals surface area contributed by atoms with Crippen LogP contribution in [-0.2, 0) is 33.2 Å². The standard InChI is InChI=1S/C25H44O7/c1-20-13-11-9-7-5-6-8-10-12-14-21-24(29-19-28-18-17-27-4)22(15-16-23(26)30-20)32-25(2,3)31-21/h15-16,20-22,24H,5-14,17-19H2,1-4H3/b16-15+/t20-,21+,22+,24-/m0/s1. The molecule has 0 amide bonds. The maximum absolute atomic E-state index is 12.4. The fourth-order valence-electron chi connectivity index (χ4n) is 4.28. The molecule has 0 aromatic heterocycles. The summed E-state index contributed by atoms with van der Waals surface area (Å²) in [5.41, 5.74) is 0. The minimum atomic E-state index is -0.769. The lowest BCUT2D eigenvalue weighted by molar-refractivity contribution is -0.336. The zero-order valence-electron chi connectivity index (χ0n) is 20.5. The second kappa shape index (κ2) is 15.0. The molecule has 0 aliphatic carbocycles. The first-order chi connectivity index (χ1) is 15.4. The summed E-state index contributed by atoms with van der Waals surface area (Å²) < 4.78 is 34.5. The summed E-state index contributed by atoms with van der Waals surface area (Å²) >= 11 is 0. The Balaban J connectivity index is 2.09. The van der Waals surface area contributed by atoms with Gasteiger partial charge < -0.3 is 28.4 Å². The molecule has 0 spiro atoms. The van der Waals surface area contributed by atoms with Crippen LogP contribution in [0, 0.1) is 0 Å². The van der Waals surface area contributed by atoms with Crippen LogP contribution < -0.4 is 0 Å². The lowest BCUT2D eigenvalue weighted by atomic mass is 9.97. The second-order valence-electron chi connectivity index (χ2n) is 9.30. The third-order valence-corrected chi connectivity index (χ3v) is 5.91. The van der Waals surface area contributed by atoms with Gasteiger partial charge in [-0.25, -0.2) is 4.79 Å². The molecule has 2 heterocycles. The summed E-state index contributed by atoms with van der Waals surface area (Å²) in [6, 6.07) is 0. The smallest absolute Gasteiger partial charge is 0.330 e. The van der Waals surface area contributed by atoms with Gasteiger partial charge in [0.05, 0.1) is 25.4 Å². The van der Waals surface area contributed by atoms with Gasteiger partial charge in [-0.2, -0.15) is 0 Å². The maximum atomic E-state index is 12.4. The minimum Gasteiger partial charge on any atom is -0.460 e. The molecule has 0 radical (unpaired) electrons. The first-order valence-electron chi connectivity index (χ1n) is 12.3. The number of rotatable bonds is 6. The number of carbonyl (C=O) groups excluding carboxylic acids is 1. The van der Waals surface area contributed by atoms with E-state index in [1.807, 2.05) is 20.8 Å². The first kappa shape index (κ1) is 27.3. The van der Waals surface area contributed by atoms with Crippen LogP contribution in [0.1, 0.15) is 85.0 Å². The quantitative estimate of drug-likeness (QED) is 0.319. The Morgan fingerprint density at radius 1 is 0.969 bits per heavy atom. The fourth-order valence-corrected chi connectivity index (χ4v) is 4.28. The van der Waals surface area contributed by atoms with E-state index in [0.717, 1.165) is 25.7 Å². The molecule has 1 fully saturated rings. The van der Waals surface area contributed by atoms with Gasteiger partial charge in [-0.15, -0.1) is 0 Å². The van der Waals surface area contributed by atoms with Crippen molar-refractivity contribution in [3.05, 3.63) is 12.2 Å². The molecule has 186 valence electrons. The molecule has 7 nitrogen and oxygen atoms in total. The van der Waals surface area contributed by atoms with Crippen molar-refractivity contribution in [3.63, 3.8) is 0 Å². The highest BCUT2D eigenvalue weighted by Gasteiger charge is 2.42. The van der Waals surface area contributed by atoms with Gasteiger partial charge in [0, 0.05) is 13.2 Å². The summed E-state index contributed by atoms with van der Waals surface area (Å²) in [5, 5.41) is 0. The molecule has 0 saturated carbocycles. The van der Waals surface area contributed by atoms with Gasteiger partial charge in [0.2, 0.25) is 0 Å². The number of fused-ring (bicyclic) bond motifs is 2. The predicted molar refractivity (Wildman–Crippen MR) is 122 cm³/mol. The maximum Gasteiger partial charge on any atom is 0.330 e.